The van der Waals surface area contributed by atoms with Crippen molar-refractivity contribution >= 4 is 34.3 Å². The van der Waals surface area contributed by atoms with Crippen LogP contribution in [0.5, 0.6) is 0 Å². The Labute approximate surface area is 133 Å². The molecule has 0 saturated heterocycles. The predicted octanol–water partition coefficient (Wildman–Crippen LogP) is 1.72. The Hall–Kier alpha value is -2.08. The maximum atomic E-state index is 11.8. The van der Waals surface area contributed by atoms with Crippen LogP contribution >= 0.6 is 11.6 Å². The van der Waals surface area contributed by atoms with Crippen LogP contribution in [-0.4, -0.2) is 34.2 Å². The summed E-state index contributed by atoms with van der Waals surface area (Å²) >= 11 is 6.06. The Bertz CT molecular complexity index is 681. The minimum absolute atomic E-state index is 0.0162. The van der Waals surface area contributed by atoms with Gasteiger partial charge in [-0.05, 0) is 26.0 Å². The van der Waals surface area contributed by atoms with E-state index in [1.165, 1.54) is 0 Å². The molecular formula is C15H19ClN4O2. The quantitative estimate of drug-likeness (QED) is 0.850. The highest BCUT2D eigenvalue weighted by atomic mass is 35.5. The number of hydrogen-bond acceptors (Lipinski definition) is 3. The van der Waals surface area contributed by atoms with E-state index in [0.717, 1.165) is 10.9 Å². The molecular weight excluding hydrogens is 304 g/mol. The number of para-hydroxylation sites is 1. The SMILES string of the molecule is CC(C)NC(=O)CNC(=O)CCn1nc(Cl)c2ccccc21. The second-order valence-electron chi connectivity index (χ2n) is 5.28. The summed E-state index contributed by atoms with van der Waals surface area (Å²) in [6.07, 6.45) is 0.233. The Morgan fingerprint density at radius 1 is 1.27 bits per heavy atom. The molecule has 0 radical (unpaired) electrons. The van der Waals surface area contributed by atoms with E-state index in [4.69, 9.17) is 11.6 Å². The zero-order valence-corrected chi connectivity index (χ0v) is 13.4. The molecule has 1 aromatic heterocycles. The van der Waals surface area contributed by atoms with E-state index >= 15 is 0 Å². The summed E-state index contributed by atoms with van der Waals surface area (Å²) in [4.78, 5) is 23.2. The van der Waals surface area contributed by atoms with Gasteiger partial charge >= 0.3 is 0 Å². The van der Waals surface area contributed by atoms with Gasteiger partial charge in [0.05, 0.1) is 18.6 Å². The fourth-order valence-electron chi connectivity index (χ4n) is 2.11. The van der Waals surface area contributed by atoms with Crippen LogP contribution in [0.4, 0.5) is 0 Å². The molecule has 6 nitrogen and oxygen atoms in total. The van der Waals surface area contributed by atoms with E-state index in [9.17, 15) is 9.59 Å². The Morgan fingerprint density at radius 2 is 2.00 bits per heavy atom. The molecule has 22 heavy (non-hydrogen) atoms. The van der Waals surface area contributed by atoms with Crippen LogP contribution < -0.4 is 10.6 Å². The summed E-state index contributed by atoms with van der Waals surface area (Å²) in [6.45, 7) is 4.13. The number of fused-ring (bicyclic) bond motifs is 1. The molecule has 0 aliphatic rings. The fraction of sp³-hybridized carbons (Fsp3) is 0.400. The molecule has 0 spiro atoms. The first-order valence-electron chi connectivity index (χ1n) is 7.14. The van der Waals surface area contributed by atoms with Gasteiger partial charge in [-0.1, -0.05) is 23.7 Å². The first-order valence-corrected chi connectivity index (χ1v) is 7.52. The molecule has 0 aliphatic carbocycles. The molecule has 0 atom stereocenters. The smallest absolute Gasteiger partial charge is 0.239 e. The number of nitrogens with one attached hydrogen (secondary N) is 2. The molecule has 2 rings (SSSR count). The van der Waals surface area contributed by atoms with Crippen molar-refractivity contribution in [1.29, 1.82) is 0 Å². The normalized spacial score (nSPS) is 10.9. The standard InChI is InChI=1S/C15H19ClN4O2/c1-10(2)18-14(22)9-17-13(21)7-8-20-12-6-4-3-5-11(12)15(16)19-20/h3-6,10H,7-9H2,1-2H3,(H,17,21)(H,18,22). The molecule has 118 valence electrons. The zero-order valence-electron chi connectivity index (χ0n) is 12.6. The van der Waals surface area contributed by atoms with Crippen LogP contribution in [0.1, 0.15) is 20.3 Å². The number of aryl methyl sites for hydroxylation is 1. The second-order valence-corrected chi connectivity index (χ2v) is 5.64. The first-order chi connectivity index (χ1) is 10.5. The van der Waals surface area contributed by atoms with Gasteiger partial charge in [-0.3, -0.25) is 14.3 Å². The van der Waals surface area contributed by atoms with Crippen molar-refractivity contribution < 1.29 is 9.59 Å². The third kappa shape index (κ3) is 4.21. The highest BCUT2D eigenvalue weighted by Gasteiger charge is 2.10. The van der Waals surface area contributed by atoms with Crippen LogP contribution in [0, 0.1) is 0 Å². The number of hydrogen-bond donors (Lipinski definition) is 2. The lowest BCUT2D eigenvalue weighted by Gasteiger charge is -2.09. The number of carbonyl (C=O) groups excluding carboxylic acids is 2. The first kappa shape index (κ1) is 16.3. The van der Waals surface area contributed by atoms with Crippen molar-refractivity contribution in [2.75, 3.05) is 6.54 Å². The zero-order chi connectivity index (χ0) is 16.1. The van der Waals surface area contributed by atoms with Gasteiger partial charge in [0.15, 0.2) is 5.15 Å². The van der Waals surface area contributed by atoms with E-state index in [-0.39, 0.29) is 30.8 Å². The lowest BCUT2D eigenvalue weighted by atomic mass is 10.2. The number of rotatable bonds is 6. The molecule has 2 N–H and O–H groups in total. The number of nitrogens with zero attached hydrogens (tertiary/aromatic N) is 2. The van der Waals surface area contributed by atoms with Gasteiger partial charge in [0.25, 0.3) is 0 Å². The van der Waals surface area contributed by atoms with Gasteiger partial charge in [-0.2, -0.15) is 5.10 Å². The lowest BCUT2D eigenvalue weighted by molar-refractivity contribution is -0.126. The molecule has 1 aromatic carbocycles. The molecule has 2 aromatic rings. The van der Waals surface area contributed by atoms with Crippen LogP contribution in [-0.2, 0) is 16.1 Å². The molecule has 1 heterocycles. The maximum absolute atomic E-state index is 11.8. The summed E-state index contributed by atoms with van der Waals surface area (Å²) < 4.78 is 1.70. The molecule has 0 unspecified atom stereocenters. The topological polar surface area (TPSA) is 76.0 Å². The minimum Gasteiger partial charge on any atom is -0.352 e. The Kier molecular flexibility index (Phi) is 5.38. The number of carbonyl (C=O) groups is 2. The average molecular weight is 323 g/mol. The lowest BCUT2D eigenvalue weighted by Crippen LogP contribution is -2.40. The van der Waals surface area contributed by atoms with Gasteiger partial charge in [0.1, 0.15) is 0 Å². The largest absolute Gasteiger partial charge is 0.352 e. The fourth-order valence-corrected chi connectivity index (χ4v) is 2.36. The molecule has 0 aliphatic heterocycles. The average Bonchev–Trinajstić information content (AvgIpc) is 2.79. The summed E-state index contributed by atoms with van der Waals surface area (Å²) in [5.74, 6) is -0.398. The van der Waals surface area contributed by atoms with Crippen molar-refractivity contribution in [2.45, 2.75) is 32.9 Å². The third-order valence-corrected chi connectivity index (χ3v) is 3.34. The second kappa shape index (κ2) is 7.26. The van der Waals surface area contributed by atoms with Gasteiger partial charge in [-0.15, -0.1) is 0 Å². The van der Waals surface area contributed by atoms with Crippen molar-refractivity contribution in [3.63, 3.8) is 0 Å². The van der Waals surface area contributed by atoms with Gasteiger partial charge < -0.3 is 10.6 Å². The number of aromatic nitrogens is 2. The summed E-state index contributed by atoms with van der Waals surface area (Å²) in [5, 5.41) is 10.8. The minimum atomic E-state index is -0.199. The van der Waals surface area contributed by atoms with Gasteiger partial charge in [0.2, 0.25) is 11.8 Å². The third-order valence-electron chi connectivity index (χ3n) is 3.06. The van der Waals surface area contributed by atoms with Crippen LogP contribution in [0.15, 0.2) is 24.3 Å². The highest BCUT2D eigenvalue weighted by Crippen LogP contribution is 2.22. The van der Waals surface area contributed by atoms with Crippen LogP contribution in [0.25, 0.3) is 10.9 Å². The van der Waals surface area contributed by atoms with Crippen LogP contribution in [0.3, 0.4) is 0 Å². The van der Waals surface area contributed by atoms with Crippen molar-refractivity contribution in [3.8, 4) is 0 Å². The van der Waals surface area contributed by atoms with E-state index in [0.29, 0.717) is 11.7 Å². The molecule has 0 bridgehead atoms. The number of amides is 2. The van der Waals surface area contributed by atoms with E-state index in [1.54, 1.807) is 4.68 Å². The molecule has 0 fully saturated rings. The van der Waals surface area contributed by atoms with E-state index in [1.807, 2.05) is 38.1 Å². The number of benzene rings is 1. The maximum Gasteiger partial charge on any atom is 0.239 e. The highest BCUT2D eigenvalue weighted by molar-refractivity contribution is 6.34. The molecule has 0 saturated carbocycles. The summed E-state index contributed by atoms with van der Waals surface area (Å²) in [7, 11) is 0. The summed E-state index contributed by atoms with van der Waals surface area (Å²) in [5.41, 5.74) is 0.887. The number of halogens is 1. The van der Waals surface area contributed by atoms with Crippen molar-refractivity contribution in [3.05, 3.63) is 29.4 Å². The summed E-state index contributed by atoms with van der Waals surface area (Å²) in [6, 6.07) is 7.63. The molecule has 2 amide bonds. The Balaban J connectivity index is 1.87. The van der Waals surface area contributed by atoms with Crippen molar-refractivity contribution in [1.82, 2.24) is 20.4 Å². The van der Waals surface area contributed by atoms with E-state index < -0.39 is 0 Å². The van der Waals surface area contributed by atoms with Crippen LogP contribution in [0.2, 0.25) is 5.15 Å². The van der Waals surface area contributed by atoms with Gasteiger partial charge in [0, 0.05) is 17.8 Å². The predicted molar refractivity (Wildman–Crippen MR) is 85.6 cm³/mol. The van der Waals surface area contributed by atoms with Crippen molar-refractivity contribution in [2.24, 2.45) is 0 Å². The monoisotopic (exact) mass is 322 g/mol. The Morgan fingerprint density at radius 3 is 2.73 bits per heavy atom. The van der Waals surface area contributed by atoms with E-state index in [2.05, 4.69) is 15.7 Å². The molecule has 7 heteroatoms. The van der Waals surface area contributed by atoms with Gasteiger partial charge in [-0.25, -0.2) is 0 Å².